The zero-order chi connectivity index (χ0) is 8.10. The average Bonchev–Trinajstić information content (AvgIpc) is 2.03. The van der Waals surface area contributed by atoms with E-state index >= 15 is 0 Å². The zero-order valence-electron chi connectivity index (χ0n) is 6.73. The molecule has 66 valence electrons. The Morgan fingerprint density at radius 2 is 1.73 bits per heavy atom. The van der Waals surface area contributed by atoms with Gasteiger partial charge in [-0.2, -0.15) is 0 Å². The average molecular weight is 196 g/mol. The summed E-state index contributed by atoms with van der Waals surface area (Å²) in [5.41, 5.74) is 0. The van der Waals surface area contributed by atoms with E-state index in [4.69, 9.17) is 23.2 Å². The van der Waals surface area contributed by atoms with E-state index in [1.165, 1.54) is 32.4 Å². The molecule has 0 atom stereocenters. The lowest BCUT2D eigenvalue weighted by molar-refractivity contribution is 0.228. The molecule has 3 heteroatoms. The van der Waals surface area contributed by atoms with E-state index in [0.717, 1.165) is 13.0 Å². The van der Waals surface area contributed by atoms with Crippen molar-refractivity contribution in [3.05, 3.63) is 0 Å². The normalized spacial score (nSPS) is 21.0. The number of piperidine rings is 1. The van der Waals surface area contributed by atoms with Crippen molar-refractivity contribution in [3.8, 4) is 0 Å². The van der Waals surface area contributed by atoms with Crippen LogP contribution in [0.1, 0.15) is 25.7 Å². The van der Waals surface area contributed by atoms with Crippen LogP contribution in [0.5, 0.6) is 0 Å². The number of halogens is 2. The van der Waals surface area contributed by atoms with Gasteiger partial charge in [0.05, 0.1) is 0 Å². The zero-order valence-corrected chi connectivity index (χ0v) is 8.24. The largest absolute Gasteiger partial charge is 0.303 e. The SMILES string of the molecule is ClC(Cl)CCN1CCCCC1. The van der Waals surface area contributed by atoms with E-state index in [0.29, 0.717) is 0 Å². The number of likely N-dealkylation sites (tertiary alicyclic amines) is 1. The standard InChI is InChI=1S/C8H15Cl2N/c9-8(10)4-7-11-5-2-1-3-6-11/h8H,1-7H2. The second kappa shape index (κ2) is 5.23. The summed E-state index contributed by atoms with van der Waals surface area (Å²) in [4.78, 5) is 2.26. The van der Waals surface area contributed by atoms with Gasteiger partial charge in [0.2, 0.25) is 0 Å². The van der Waals surface area contributed by atoms with Crippen molar-refractivity contribution in [2.75, 3.05) is 19.6 Å². The van der Waals surface area contributed by atoms with E-state index in [1.807, 2.05) is 0 Å². The van der Waals surface area contributed by atoms with Gasteiger partial charge in [-0.3, -0.25) is 0 Å². The molecule has 0 aliphatic carbocycles. The van der Waals surface area contributed by atoms with E-state index in [1.54, 1.807) is 0 Å². The van der Waals surface area contributed by atoms with Crippen LogP contribution in [0.3, 0.4) is 0 Å². The molecule has 11 heavy (non-hydrogen) atoms. The van der Waals surface area contributed by atoms with Crippen molar-refractivity contribution in [1.82, 2.24) is 4.90 Å². The van der Waals surface area contributed by atoms with Crippen molar-refractivity contribution in [3.63, 3.8) is 0 Å². The van der Waals surface area contributed by atoms with Gasteiger partial charge in [0.25, 0.3) is 0 Å². The first-order valence-corrected chi connectivity index (χ1v) is 5.17. The number of hydrogen-bond acceptors (Lipinski definition) is 1. The van der Waals surface area contributed by atoms with Gasteiger partial charge in [-0.05, 0) is 32.4 Å². The molecule has 1 saturated heterocycles. The Hall–Kier alpha value is 0.540. The van der Waals surface area contributed by atoms with Gasteiger partial charge in [0.15, 0.2) is 0 Å². The van der Waals surface area contributed by atoms with Crippen LogP contribution in [0.4, 0.5) is 0 Å². The van der Waals surface area contributed by atoms with Crippen molar-refractivity contribution in [1.29, 1.82) is 0 Å². The highest BCUT2D eigenvalue weighted by Crippen LogP contribution is 2.12. The number of alkyl halides is 2. The van der Waals surface area contributed by atoms with Crippen LogP contribution in [0.15, 0.2) is 0 Å². The van der Waals surface area contributed by atoms with Crippen LogP contribution >= 0.6 is 23.2 Å². The highest BCUT2D eigenvalue weighted by molar-refractivity contribution is 6.44. The lowest BCUT2D eigenvalue weighted by Gasteiger charge is -2.26. The maximum atomic E-state index is 5.64. The van der Waals surface area contributed by atoms with Gasteiger partial charge >= 0.3 is 0 Å². The molecule has 1 aliphatic heterocycles. The first-order chi connectivity index (χ1) is 5.29. The highest BCUT2D eigenvalue weighted by atomic mass is 35.5. The Balaban J connectivity index is 2.05. The molecule has 0 N–H and O–H groups in total. The summed E-state index contributed by atoms with van der Waals surface area (Å²) in [5.74, 6) is 0. The first kappa shape index (κ1) is 9.63. The first-order valence-electron chi connectivity index (χ1n) is 4.29. The monoisotopic (exact) mass is 195 g/mol. The second-order valence-corrected chi connectivity index (χ2v) is 4.36. The van der Waals surface area contributed by atoms with Gasteiger partial charge in [-0.25, -0.2) is 0 Å². The summed E-state index contributed by atoms with van der Waals surface area (Å²) in [5, 5.41) is 0. The molecule has 1 rings (SSSR count). The highest BCUT2D eigenvalue weighted by Gasteiger charge is 2.10. The molecule has 0 saturated carbocycles. The summed E-state index contributed by atoms with van der Waals surface area (Å²) in [6.45, 7) is 3.54. The van der Waals surface area contributed by atoms with Gasteiger partial charge in [0, 0.05) is 6.54 Å². The fourth-order valence-electron chi connectivity index (χ4n) is 1.46. The fourth-order valence-corrected chi connectivity index (χ4v) is 1.66. The van der Waals surface area contributed by atoms with Gasteiger partial charge in [0.1, 0.15) is 4.84 Å². The predicted molar refractivity (Wildman–Crippen MR) is 50.4 cm³/mol. The summed E-state index contributed by atoms with van der Waals surface area (Å²) >= 11 is 11.3. The van der Waals surface area contributed by atoms with E-state index < -0.39 is 0 Å². The fraction of sp³-hybridized carbons (Fsp3) is 1.00. The van der Waals surface area contributed by atoms with Crippen LogP contribution in [-0.2, 0) is 0 Å². The third kappa shape index (κ3) is 4.19. The molecule has 0 radical (unpaired) electrons. The maximum Gasteiger partial charge on any atom is 0.109 e. The van der Waals surface area contributed by atoms with Crippen molar-refractivity contribution in [2.45, 2.75) is 30.5 Å². The Labute approximate surface area is 78.7 Å². The van der Waals surface area contributed by atoms with Gasteiger partial charge in [-0.15, -0.1) is 23.2 Å². The lowest BCUT2D eigenvalue weighted by Crippen LogP contribution is -2.31. The van der Waals surface area contributed by atoms with Crippen molar-refractivity contribution >= 4 is 23.2 Å². The summed E-state index contributed by atoms with van der Waals surface area (Å²) in [6.07, 6.45) is 4.98. The summed E-state index contributed by atoms with van der Waals surface area (Å²) < 4.78 is 0. The maximum absolute atomic E-state index is 5.64. The second-order valence-electron chi connectivity index (χ2n) is 3.08. The van der Waals surface area contributed by atoms with Crippen molar-refractivity contribution in [2.24, 2.45) is 0 Å². The van der Waals surface area contributed by atoms with Crippen LogP contribution < -0.4 is 0 Å². The minimum Gasteiger partial charge on any atom is -0.303 e. The molecule has 1 nitrogen and oxygen atoms in total. The summed E-state index contributed by atoms with van der Waals surface area (Å²) in [6, 6.07) is 0. The third-order valence-electron chi connectivity index (χ3n) is 2.11. The smallest absolute Gasteiger partial charge is 0.109 e. The Morgan fingerprint density at radius 1 is 1.09 bits per heavy atom. The van der Waals surface area contributed by atoms with Crippen LogP contribution in [0.2, 0.25) is 0 Å². The molecule has 0 bridgehead atoms. The number of rotatable bonds is 3. The number of nitrogens with zero attached hydrogens (tertiary/aromatic N) is 1. The molecule has 0 spiro atoms. The molecule has 0 aromatic heterocycles. The van der Waals surface area contributed by atoms with Crippen LogP contribution in [0, 0.1) is 0 Å². The van der Waals surface area contributed by atoms with E-state index in [-0.39, 0.29) is 4.84 Å². The number of hydrogen-bond donors (Lipinski definition) is 0. The molecule has 1 aliphatic rings. The molecule has 0 amide bonds. The van der Waals surface area contributed by atoms with Crippen molar-refractivity contribution < 1.29 is 0 Å². The predicted octanol–water partition coefficient (Wildman–Crippen LogP) is 2.67. The minimum absolute atomic E-state index is 0.183. The Morgan fingerprint density at radius 3 is 2.27 bits per heavy atom. The molecule has 0 aromatic carbocycles. The van der Waals surface area contributed by atoms with Crippen LogP contribution in [-0.4, -0.2) is 29.4 Å². The topological polar surface area (TPSA) is 3.24 Å². The molecular formula is C8H15Cl2N. The van der Waals surface area contributed by atoms with E-state index in [9.17, 15) is 0 Å². The van der Waals surface area contributed by atoms with E-state index in [2.05, 4.69) is 4.90 Å². The molecule has 0 aromatic rings. The van der Waals surface area contributed by atoms with Gasteiger partial charge < -0.3 is 4.90 Å². The summed E-state index contributed by atoms with van der Waals surface area (Å²) in [7, 11) is 0. The lowest BCUT2D eigenvalue weighted by atomic mass is 10.1. The molecular weight excluding hydrogens is 181 g/mol. The quantitative estimate of drug-likeness (QED) is 0.627. The van der Waals surface area contributed by atoms with Crippen LogP contribution in [0.25, 0.3) is 0 Å². The van der Waals surface area contributed by atoms with Gasteiger partial charge in [-0.1, -0.05) is 6.42 Å². The third-order valence-corrected chi connectivity index (χ3v) is 2.55. The Bertz CT molecular complexity index is 100. The molecule has 0 unspecified atom stereocenters. The minimum atomic E-state index is -0.183. The molecule has 1 heterocycles. The Kier molecular flexibility index (Phi) is 4.58. The molecule has 1 fully saturated rings.